The van der Waals surface area contributed by atoms with E-state index in [4.69, 9.17) is 0 Å². The third-order valence-electron chi connectivity index (χ3n) is 4.95. The Hall–Kier alpha value is -0.910. The van der Waals surface area contributed by atoms with E-state index in [1.807, 2.05) is 0 Å². The van der Waals surface area contributed by atoms with Gasteiger partial charge in [-0.2, -0.15) is 0 Å². The van der Waals surface area contributed by atoms with Gasteiger partial charge in [0.1, 0.15) is 6.04 Å². The molecular weight excluding hydrogens is 288 g/mol. The van der Waals surface area contributed by atoms with Crippen molar-refractivity contribution in [3.05, 3.63) is 0 Å². The van der Waals surface area contributed by atoms with Crippen LogP contribution in [0.1, 0.15) is 51.9 Å². The highest BCUT2D eigenvalue weighted by Gasteiger charge is 2.49. The van der Waals surface area contributed by atoms with E-state index in [0.717, 1.165) is 38.5 Å². The van der Waals surface area contributed by atoms with Crippen molar-refractivity contribution in [1.82, 2.24) is 10.2 Å². The number of urea groups is 1. The molecule has 118 valence electrons. The van der Waals surface area contributed by atoms with E-state index >= 15 is 0 Å². The number of carboxylic acid groups (broad SMARTS) is 1. The molecule has 3 rings (SSSR count). The van der Waals surface area contributed by atoms with Gasteiger partial charge < -0.3 is 10.4 Å². The molecule has 2 amide bonds. The number of carboxylic acids is 1. The summed E-state index contributed by atoms with van der Waals surface area (Å²) in [6.45, 7) is 2.09. The third kappa shape index (κ3) is 3.15. The molecule has 2 aliphatic carbocycles. The van der Waals surface area contributed by atoms with Gasteiger partial charge in [0.15, 0.2) is 0 Å². The maximum atomic E-state index is 12.7. The molecule has 1 saturated heterocycles. The molecule has 2 N–H and O–H groups in total. The molecule has 0 aromatic carbocycles. The molecule has 0 spiro atoms. The van der Waals surface area contributed by atoms with Gasteiger partial charge in [0.25, 0.3) is 0 Å². The van der Waals surface area contributed by atoms with Crippen molar-refractivity contribution >= 4 is 23.8 Å². The maximum absolute atomic E-state index is 12.7. The molecule has 1 heterocycles. The highest BCUT2D eigenvalue weighted by atomic mass is 32.2. The second kappa shape index (κ2) is 5.71. The molecule has 3 aliphatic rings. The van der Waals surface area contributed by atoms with Crippen LogP contribution in [0.25, 0.3) is 0 Å². The van der Waals surface area contributed by atoms with Crippen molar-refractivity contribution in [2.45, 2.75) is 68.8 Å². The minimum absolute atomic E-state index is 0.0540. The van der Waals surface area contributed by atoms with E-state index in [1.54, 1.807) is 16.7 Å². The fraction of sp³-hybridized carbons (Fsp3) is 0.867. The van der Waals surface area contributed by atoms with Crippen molar-refractivity contribution in [1.29, 1.82) is 0 Å². The van der Waals surface area contributed by atoms with Crippen LogP contribution in [-0.4, -0.2) is 44.7 Å². The van der Waals surface area contributed by atoms with Crippen molar-refractivity contribution in [2.24, 2.45) is 5.92 Å². The zero-order valence-corrected chi connectivity index (χ0v) is 13.3. The number of nitrogens with one attached hydrogen (secondary N) is 1. The third-order valence-corrected chi connectivity index (χ3v) is 6.41. The first kappa shape index (κ1) is 15.0. The van der Waals surface area contributed by atoms with E-state index in [1.165, 1.54) is 6.42 Å². The van der Waals surface area contributed by atoms with E-state index in [2.05, 4.69) is 12.2 Å². The summed E-state index contributed by atoms with van der Waals surface area (Å²) in [4.78, 5) is 25.8. The molecule has 5 nitrogen and oxygen atoms in total. The Labute approximate surface area is 129 Å². The van der Waals surface area contributed by atoms with E-state index in [0.29, 0.717) is 11.7 Å². The largest absolute Gasteiger partial charge is 0.480 e. The van der Waals surface area contributed by atoms with Crippen molar-refractivity contribution in [3.8, 4) is 0 Å². The van der Waals surface area contributed by atoms with E-state index in [-0.39, 0.29) is 16.9 Å². The summed E-state index contributed by atoms with van der Waals surface area (Å²) in [5.74, 6) is 0.125. The Morgan fingerprint density at radius 2 is 1.90 bits per heavy atom. The van der Waals surface area contributed by atoms with Crippen LogP contribution in [0.2, 0.25) is 0 Å². The lowest BCUT2D eigenvalue weighted by atomic mass is 9.83. The summed E-state index contributed by atoms with van der Waals surface area (Å²) in [5, 5.41) is 12.6. The number of aliphatic carboxylic acids is 1. The average Bonchev–Trinajstić information content (AvgIpc) is 3.17. The number of hydrogen-bond donors (Lipinski definition) is 2. The Balaban J connectivity index is 1.71. The lowest BCUT2D eigenvalue weighted by Crippen LogP contribution is -2.57. The first-order valence-electron chi connectivity index (χ1n) is 7.95. The van der Waals surface area contributed by atoms with Gasteiger partial charge >= 0.3 is 12.0 Å². The zero-order valence-electron chi connectivity index (χ0n) is 12.5. The lowest BCUT2D eigenvalue weighted by molar-refractivity contribution is -0.141. The molecule has 0 aromatic rings. The van der Waals surface area contributed by atoms with Crippen LogP contribution >= 0.6 is 11.8 Å². The second-order valence-corrected chi connectivity index (χ2v) is 8.02. The van der Waals surface area contributed by atoms with Crippen LogP contribution in [0.3, 0.4) is 0 Å². The van der Waals surface area contributed by atoms with E-state index < -0.39 is 12.0 Å². The summed E-state index contributed by atoms with van der Waals surface area (Å²) in [6, 6.07) is -0.846. The van der Waals surface area contributed by atoms with Crippen molar-refractivity contribution in [3.63, 3.8) is 0 Å². The highest BCUT2D eigenvalue weighted by molar-refractivity contribution is 8.00. The Kier molecular flexibility index (Phi) is 4.08. The Morgan fingerprint density at radius 3 is 2.48 bits per heavy atom. The van der Waals surface area contributed by atoms with Gasteiger partial charge in [0, 0.05) is 11.3 Å². The summed E-state index contributed by atoms with van der Waals surface area (Å²) < 4.78 is 0. The molecular formula is C15H24N2O3S. The van der Waals surface area contributed by atoms with Crippen LogP contribution in [0, 0.1) is 5.92 Å². The molecule has 21 heavy (non-hydrogen) atoms. The smallest absolute Gasteiger partial charge is 0.327 e. The molecule has 2 unspecified atom stereocenters. The highest BCUT2D eigenvalue weighted by Crippen LogP contribution is 2.45. The molecule has 6 heteroatoms. The second-order valence-electron chi connectivity index (χ2n) is 6.87. The first-order valence-corrected chi connectivity index (χ1v) is 9.00. The zero-order chi connectivity index (χ0) is 15.0. The van der Waals surface area contributed by atoms with Gasteiger partial charge in [-0.3, -0.25) is 4.90 Å². The number of carbonyl (C=O) groups excluding carboxylic acids is 1. The molecule has 0 aromatic heterocycles. The molecule has 1 aliphatic heterocycles. The van der Waals surface area contributed by atoms with Gasteiger partial charge in [-0.05, 0) is 38.5 Å². The Bertz CT molecular complexity index is 433. The SMILES string of the molecule is CC1(NC(=O)N2C(C(=O)O)CSC2C2CC2)CCCCC1. The summed E-state index contributed by atoms with van der Waals surface area (Å²) >= 11 is 1.63. The number of amides is 2. The van der Waals surface area contributed by atoms with Crippen LogP contribution in [-0.2, 0) is 4.79 Å². The first-order chi connectivity index (χ1) is 10.0. The minimum Gasteiger partial charge on any atom is -0.480 e. The van der Waals surface area contributed by atoms with Crippen molar-refractivity contribution in [2.75, 3.05) is 5.75 Å². The van der Waals surface area contributed by atoms with Gasteiger partial charge in [-0.15, -0.1) is 11.8 Å². The summed E-state index contributed by atoms with van der Waals surface area (Å²) in [6.07, 6.45) is 7.72. The van der Waals surface area contributed by atoms with Gasteiger partial charge in [0.05, 0.1) is 5.37 Å². The standard InChI is InChI=1S/C15H24N2O3S/c1-15(7-3-2-4-8-15)16-14(20)17-11(13(18)19)9-21-12(17)10-5-6-10/h10-12H,2-9H2,1H3,(H,16,20)(H,18,19). The van der Waals surface area contributed by atoms with E-state index in [9.17, 15) is 14.7 Å². The minimum atomic E-state index is -0.880. The van der Waals surface area contributed by atoms with Crippen molar-refractivity contribution < 1.29 is 14.7 Å². The number of rotatable bonds is 3. The lowest BCUT2D eigenvalue weighted by Gasteiger charge is -2.38. The van der Waals surface area contributed by atoms with Gasteiger partial charge in [0.2, 0.25) is 0 Å². The quantitative estimate of drug-likeness (QED) is 0.840. The number of nitrogens with zero attached hydrogens (tertiary/aromatic N) is 1. The van der Waals surface area contributed by atoms with Crippen LogP contribution in [0.4, 0.5) is 4.79 Å². The number of carbonyl (C=O) groups is 2. The monoisotopic (exact) mass is 312 g/mol. The summed E-state index contributed by atoms with van der Waals surface area (Å²) in [7, 11) is 0. The molecule has 2 saturated carbocycles. The number of thioether (sulfide) groups is 1. The molecule has 0 bridgehead atoms. The van der Waals surface area contributed by atoms with Gasteiger partial charge in [-0.1, -0.05) is 19.3 Å². The van der Waals surface area contributed by atoms with Crippen LogP contribution in [0.15, 0.2) is 0 Å². The Morgan fingerprint density at radius 1 is 1.24 bits per heavy atom. The summed E-state index contributed by atoms with van der Waals surface area (Å²) in [5.41, 5.74) is -0.167. The van der Waals surface area contributed by atoms with Crippen LogP contribution < -0.4 is 5.32 Å². The number of hydrogen-bond acceptors (Lipinski definition) is 3. The molecule has 2 atom stereocenters. The average molecular weight is 312 g/mol. The molecule has 3 fully saturated rings. The maximum Gasteiger partial charge on any atom is 0.327 e. The normalized spacial score (nSPS) is 32.0. The molecule has 0 radical (unpaired) electrons. The fourth-order valence-corrected chi connectivity index (χ4v) is 5.13. The fourth-order valence-electron chi connectivity index (χ4n) is 3.50. The predicted molar refractivity (Wildman–Crippen MR) is 82.3 cm³/mol. The topological polar surface area (TPSA) is 69.6 Å². The predicted octanol–water partition coefficient (Wildman–Crippen LogP) is 2.66. The van der Waals surface area contributed by atoms with Crippen LogP contribution in [0.5, 0.6) is 0 Å². The van der Waals surface area contributed by atoms with Gasteiger partial charge in [-0.25, -0.2) is 9.59 Å².